The van der Waals surface area contributed by atoms with E-state index in [9.17, 15) is 61.0 Å². The summed E-state index contributed by atoms with van der Waals surface area (Å²) in [5.74, 6) is -0.272. The van der Waals surface area contributed by atoms with Crippen LogP contribution in [-0.2, 0) is 33.2 Å². The molecule has 0 aromatic heterocycles. The van der Waals surface area contributed by atoms with Gasteiger partial charge in [0.1, 0.15) is 73.2 Å². The number of aliphatic hydroxyl groups is 11. The van der Waals surface area contributed by atoms with Crippen molar-refractivity contribution in [2.75, 3.05) is 26.4 Å². The van der Waals surface area contributed by atoms with Gasteiger partial charge in [-0.3, -0.25) is 4.79 Å². The molecule has 3 aliphatic heterocycles. The maximum Gasteiger partial charge on any atom is 0.220 e. The van der Waals surface area contributed by atoms with Gasteiger partial charge in [0.15, 0.2) is 18.9 Å². The summed E-state index contributed by atoms with van der Waals surface area (Å²) in [5.41, 5.74) is 0. The van der Waals surface area contributed by atoms with Gasteiger partial charge in [0.05, 0.1) is 38.6 Å². The normalized spacial score (nSPS) is 27.4. The summed E-state index contributed by atoms with van der Waals surface area (Å²) < 4.78 is 34.4. The van der Waals surface area contributed by atoms with Gasteiger partial charge in [-0.15, -0.1) is 0 Å². The molecule has 0 aromatic rings. The average molecular weight is 1350 g/mol. The van der Waals surface area contributed by atoms with Crippen LogP contribution in [0.5, 0.6) is 0 Å². The number of hydrogen-bond acceptors (Lipinski definition) is 18. The monoisotopic (exact) mass is 1350 g/mol. The Bertz CT molecular complexity index is 1910. The highest BCUT2D eigenvalue weighted by Gasteiger charge is 2.53. The summed E-state index contributed by atoms with van der Waals surface area (Å²) >= 11 is 0. The van der Waals surface area contributed by atoms with Crippen LogP contribution < -0.4 is 5.32 Å². The minimum atomic E-state index is -1.98. The number of unbranched alkanes of at least 4 members (excludes halogenated alkanes) is 38. The predicted octanol–water partition coefficient (Wildman–Crippen LogP) is 11.7. The van der Waals surface area contributed by atoms with Crippen molar-refractivity contribution in [1.29, 1.82) is 0 Å². The summed E-state index contributed by atoms with van der Waals surface area (Å²) in [4.78, 5) is 13.4. The summed E-state index contributed by atoms with van der Waals surface area (Å²) in [7, 11) is 0. The summed E-state index contributed by atoms with van der Waals surface area (Å²) in [6.07, 6.45) is 43.8. The molecule has 0 bridgehead atoms. The SMILES string of the molecule is CCCCCCC/C=C\C/C=C\C/C=C\CCCCCCCCCCCCCCCCCCCCC(=O)NC(COC1OC(CO)C(OC2OC(CO)C(OC3OC(CO)C(O)C(O)C3O)C(O)C2O)C(O)C1O)C(O)/C=C/CCCCCCCCCCCCCCCCC. The van der Waals surface area contributed by atoms with Crippen LogP contribution in [0.2, 0.25) is 0 Å². The molecule has 95 heavy (non-hydrogen) atoms. The molecule has 3 saturated heterocycles. The van der Waals surface area contributed by atoms with Crippen molar-refractivity contribution >= 4 is 5.91 Å². The zero-order valence-electron chi connectivity index (χ0n) is 59.2. The number of hydrogen-bond donors (Lipinski definition) is 12. The fraction of sp³-hybridized carbons (Fsp3) is 0.882. The van der Waals surface area contributed by atoms with Crippen LogP contribution in [0.3, 0.4) is 0 Å². The third-order valence-electron chi connectivity index (χ3n) is 19.1. The smallest absolute Gasteiger partial charge is 0.220 e. The van der Waals surface area contributed by atoms with E-state index in [1.54, 1.807) is 6.08 Å². The lowest BCUT2D eigenvalue weighted by Gasteiger charge is -2.48. The number of allylic oxidation sites excluding steroid dienone is 7. The van der Waals surface area contributed by atoms with Gasteiger partial charge in [0.25, 0.3) is 0 Å². The van der Waals surface area contributed by atoms with Crippen LogP contribution in [0.1, 0.15) is 296 Å². The highest BCUT2D eigenvalue weighted by molar-refractivity contribution is 5.76. The van der Waals surface area contributed by atoms with E-state index in [1.165, 1.54) is 212 Å². The lowest BCUT2D eigenvalue weighted by atomic mass is 9.96. The molecule has 19 heteroatoms. The molecule has 3 aliphatic rings. The maximum absolute atomic E-state index is 13.4. The van der Waals surface area contributed by atoms with Gasteiger partial charge < -0.3 is 89.9 Å². The van der Waals surface area contributed by atoms with E-state index in [1.807, 2.05) is 6.08 Å². The Morgan fingerprint density at radius 2 is 0.695 bits per heavy atom. The predicted molar refractivity (Wildman–Crippen MR) is 374 cm³/mol. The molecule has 0 aliphatic carbocycles. The highest BCUT2D eigenvalue weighted by atomic mass is 16.8. The van der Waals surface area contributed by atoms with Crippen molar-refractivity contribution in [1.82, 2.24) is 5.32 Å². The third kappa shape index (κ3) is 38.4. The molecule has 0 spiro atoms. The van der Waals surface area contributed by atoms with Crippen LogP contribution in [0.25, 0.3) is 0 Å². The molecule has 3 rings (SSSR count). The first-order chi connectivity index (χ1) is 46.3. The van der Waals surface area contributed by atoms with E-state index < -0.39 is 124 Å². The van der Waals surface area contributed by atoms with Gasteiger partial charge in [0.2, 0.25) is 5.91 Å². The minimum absolute atomic E-state index is 0.245. The first-order valence-corrected chi connectivity index (χ1v) is 38.4. The number of amides is 1. The van der Waals surface area contributed by atoms with Gasteiger partial charge in [-0.05, 0) is 57.8 Å². The Kier molecular flexibility index (Phi) is 52.5. The Hall–Kier alpha value is -2.25. The molecular formula is C76H139NO18. The van der Waals surface area contributed by atoms with Crippen molar-refractivity contribution in [2.24, 2.45) is 0 Å². The minimum Gasteiger partial charge on any atom is -0.394 e. The van der Waals surface area contributed by atoms with Gasteiger partial charge in [-0.1, -0.05) is 281 Å². The second-order valence-electron chi connectivity index (χ2n) is 27.5. The Labute approximate surface area is 573 Å². The van der Waals surface area contributed by atoms with Crippen LogP contribution in [0.4, 0.5) is 0 Å². The highest BCUT2D eigenvalue weighted by Crippen LogP contribution is 2.33. The van der Waals surface area contributed by atoms with E-state index >= 15 is 0 Å². The van der Waals surface area contributed by atoms with E-state index in [2.05, 4.69) is 55.6 Å². The fourth-order valence-electron chi connectivity index (χ4n) is 12.9. The van der Waals surface area contributed by atoms with Gasteiger partial charge >= 0.3 is 0 Å². The largest absolute Gasteiger partial charge is 0.394 e. The second-order valence-corrected chi connectivity index (χ2v) is 27.5. The van der Waals surface area contributed by atoms with Crippen LogP contribution >= 0.6 is 0 Å². The van der Waals surface area contributed by atoms with Crippen molar-refractivity contribution in [2.45, 2.75) is 401 Å². The van der Waals surface area contributed by atoms with Crippen LogP contribution in [-0.4, -0.2) is 193 Å². The molecule has 1 amide bonds. The number of rotatable bonds is 60. The Balaban J connectivity index is 1.36. The van der Waals surface area contributed by atoms with Crippen molar-refractivity contribution in [3.05, 3.63) is 48.6 Å². The fourth-order valence-corrected chi connectivity index (χ4v) is 12.9. The van der Waals surface area contributed by atoms with E-state index in [-0.39, 0.29) is 18.9 Å². The first-order valence-electron chi connectivity index (χ1n) is 38.4. The standard InChI is InChI=1S/C76H139NO18/c1-3-5-7-9-11-13-15-17-19-21-22-23-24-25-26-27-28-29-30-31-32-33-34-35-36-38-40-42-44-46-48-50-52-54-64(82)77-59(60(81)53-51-49-47-45-43-41-39-37-20-18-16-14-12-10-8-6-4-2)58-90-74-70(88)67(85)72(62(56-79)92-74)95-76-71(89)68(86)73(63(57-80)93-76)94-75-69(87)66(84)65(83)61(55-78)91-75/h15,17,21-22,24-25,51,53,59-63,65-76,78-81,83-89H,3-14,16,18-20,23,26-50,52,54-58H2,1-2H3,(H,77,82)/b17-15-,22-21-,25-24-,53-51+. The number of nitrogens with one attached hydrogen (secondary N) is 1. The lowest BCUT2D eigenvalue weighted by molar-refractivity contribution is -0.379. The van der Waals surface area contributed by atoms with Gasteiger partial charge in [0, 0.05) is 6.42 Å². The Morgan fingerprint density at radius 3 is 1.08 bits per heavy atom. The van der Waals surface area contributed by atoms with Crippen molar-refractivity contribution < 1.29 is 89.4 Å². The molecular weight excluding hydrogens is 1210 g/mol. The van der Waals surface area contributed by atoms with Gasteiger partial charge in [-0.2, -0.15) is 0 Å². The van der Waals surface area contributed by atoms with E-state index in [0.717, 1.165) is 57.8 Å². The average Bonchev–Trinajstić information content (AvgIpc) is 0.786. The second kappa shape index (κ2) is 57.4. The summed E-state index contributed by atoms with van der Waals surface area (Å²) in [6, 6.07) is -0.973. The molecule has 0 radical (unpaired) electrons. The molecule has 0 aromatic carbocycles. The summed E-state index contributed by atoms with van der Waals surface area (Å²) in [6.45, 7) is 1.75. The molecule has 12 N–H and O–H groups in total. The van der Waals surface area contributed by atoms with Crippen molar-refractivity contribution in [3.8, 4) is 0 Å². The molecule has 3 heterocycles. The van der Waals surface area contributed by atoms with Crippen LogP contribution in [0, 0.1) is 0 Å². The van der Waals surface area contributed by atoms with Gasteiger partial charge in [-0.25, -0.2) is 0 Å². The quantitative estimate of drug-likeness (QED) is 0.0199. The van der Waals surface area contributed by atoms with Crippen molar-refractivity contribution in [3.63, 3.8) is 0 Å². The van der Waals surface area contributed by atoms with Crippen LogP contribution in [0.15, 0.2) is 48.6 Å². The third-order valence-corrected chi connectivity index (χ3v) is 19.1. The number of aliphatic hydroxyl groups excluding tert-OH is 11. The number of carbonyl (C=O) groups excluding carboxylic acids is 1. The summed E-state index contributed by atoms with van der Waals surface area (Å²) in [5, 5.41) is 121. The Morgan fingerprint density at radius 1 is 0.379 bits per heavy atom. The molecule has 0 saturated carbocycles. The zero-order valence-corrected chi connectivity index (χ0v) is 59.2. The molecule has 19 nitrogen and oxygen atoms in total. The number of carbonyl (C=O) groups is 1. The maximum atomic E-state index is 13.4. The lowest BCUT2D eigenvalue weighted by Crippen LogP contribution is -2.66. The topological polar surface area (TPSA) is 307 Å². The molecule has 17 unspecified atom stereocenters. The number of ether oxygens (including phenoxy) is 6. The first kappa shape index (κ1) is 87.0. The molecule has 556 valence electrons. The molecule has 3 fully saturated rings. The van der Waals surface area contributed by atoms with E-state index in [0.29, 0.717) is 6.42 Å². The zero-order chi connectivity index (χ0) is 68.9. The van der Waals surface area contributed by atoms with E-state index in [4.69, 9.17) is 28.4 Å². The molecule has 17 atom stereocenters.